The lowest BCUT2D eigenvalue weighted by molar-refractivity contribution is -0.123. The maximum absolute atomic E-state index is 11.9. The molecule has 0 radical (unpaired) electrons. The summed E-state index contributed by atoms with van der Waals surface area (Å²) in [4.78, 5) is 14.1. The van der Waals surface area contributed by atoms with Crippen LogP contribution in [0.25, 0.3) is 0 Å². The Labute approximate surface area is 125 Å². The molecule has 0 spiro atoms. The molecule has 3 rings (SSSR count). The van der Waals surface area contributed by atoms with Gasteiger partial charge in [-0.15, -0.1) is 0 Å². The van der Waals surface area contributed by atoms with Gasteiger partial charge in [-0.1, -0.05) is 60.7 Å². The topological polar surface area (TPSA) is 46.3 Å². The quantitative estimate of drug-likeness (QED) is 0.936. The molecule has 1 heterocycles. The van der Waals surface area contributed by atoms with Crippen LogP contribution in [0.5, 0.6) is 0 Å². The molecule has 1 fully saturated rings. The Morgan fingerprint density at radius 1 is 1.05 bits per heavy atom. The zero-order valence-corrected chi connectivity index (χ0v) is 12.0. The summed E-state index contributed by atoms with van der Waals surface area (Å²) in [7, 11) is 0. The molecule has 0 bridgehead atoms. The third-order valence-corrected chi connectivity index (χ3v) is 4.24. The second kappa shape index (κ2) is 6.10. The SMILES string of the molecule is NC(=O)C(c1ccccc1)N1CCC(c2ccccc2)C1. The summed E-state index contributed by atoms with van der Waals surface area (Å²) in [5.41, 5.74) is 7.98. The van der Waals surface area contributed by atoms with Gasteiger partial charge in [0.1, 0.15) is 6.04 Å². The van der Waals surface area contributed by atoms with Crippen molar-refractivity contribution in [1.29, 1.82) is 0 Å². The first kappa shape index (κ1) is 13.8. The summed E-state index contributed by atoms with van der Waals surface area (Å²) in [5.74, 6) is 0.215. The van der Waals surface area contributed by atoms with Crippen LogP contribution in [-0.2, 0) is 4.79 Å². The van der Waals surface area contributed by atoms with Gasteiger partial charge < -0.3 is 5.73 Å². The molecule has 2 aromatic carbocycles. The van der Waals surface area contributed by atoms with Gasteiger partial charge in [0.05, 0.1) is 0 Å². The van der Waals surface area contributed by atoms with E-state index < -0.39 is 0 Å². The van der Waals surface area contributed by atoms with E-state index in [0.717, 1.165) is 25.1 Å². The van der Waals surface area contributed by atoms with Gasteiger partial charge in [0.2, 0.25) is 5.91 Å². The number of rotatable bonds is 4. The third-order valence-electron chi connectivity index (χ3n) is 4.24. The summed E-state index contributed by atoms with van der Waals surface area (Å²) >= 11 is 0. The molecule has 2 aromatic rings. The Morgan fingerprint density at radius 3 is 2.29 bits per heavy atom. The molecule has 1 amide bonds. The Balaban J connectivity index is 1.79. The van der Waals surface area contributed by atoms with Gasteiger partial charge in [-0.05, 0) is 30.0 Å². The highest BCUT2D eigenvalue weighted by molar-refractivity contribution is 5.81. The first-order valence-electron chi connectivity index (χ1n) is 7.39. The fourth-order valence-corrected chi connectivity index (χ4v) is 3.21. The first-order valence-corrected chi connectivity index (χ1v) is 7.39. The lowest BCUT2D eigenvalue weighted by Gasteiger charge is -2.25. The second-order valence-corrected chi connectivity index (χ2v) is 5.61. The lowest BCUT2D eigenvalue weighted by atomic mass is 9.98. The number of primary amides is 1. The molecule has 3 nitrogen and oxygen atoms in total. The molecular weight excluding hydrogens is 260 g/mol. The molecule has 0 saturated carbocycles. The van der Waals surface area contributed by atoms with E-state index in [4.69, 9.17) is 5.73 Å². The summed E-state index contributed by atoms with van der Waals surface area (Å²) < 4.78 is 0. The monoisotopic (exact) mass is 280 g/mol. The molecule has 2 N–H and O–H groups in total. The van der Waals surface area contributed by atoms with Crippen LogP contribution < -0.4 is 5.73 Å². The Hall–Kier alpha value is -2.13. The van der Waals surface area contributed by atoms with Crippen molar-refractivity contribution in [2.75, 3.05) is 13.1 Å². The van der Waals surface area contributed by atoms with E-state index in [9.17, 15) is 4.79 Å². The second-order valence-electron chi connectivity index (χ2n) is 5.61. The predicted octanol–water partition coefficient (Wildman–Crippen LogP) is 2.70. The van der Waals surface area contributed by atoms with Crippen molar-refractivity contribution in [3.8, 4) is 0 Å². The number of likely N-dealkylation sites (tertiary alicyclic amines) is 1. The van der Waals surface area contributed by atoms with E-state index in [1.165, 1.54) is 5.56 Å². The number of benzene rings is 2. The van der Waals surface area contributed by atoms with Crippen molar-refractivity contribution in [1.82, 2.24) is 4.90 Å². The van der Waals surface area contributed by atoms with Crippen LogP contribution in [0.1, 0.15) is 29.5 Å². The summed E-state index contributed by atoms with van der Waals surface area (Å²) in [5, 5.41) is 0. The summed E-state index contributed by atoms with van der Waals surface area (Å²) in [6.45, 7) is 1.79. The highest BCUT2D eigenvalue weighted by Gasteiger charge is 2.32. The number of hydrogen-bond donors (Lipinski definition) is 1. The van der Waals surface area contributed by atoms with Crippen molar-refractivity contribution in [3.05, 3.63) is 71.8 Å². The molecule has 108 valence electrons. The van der Waals surface area contributed by atoms with Crippen molar-refractivity contribution >= 4 is 5.91 Å². The summed E-state index contributed by atoms with van der Waals surface area (Å²) in [6, 6.07) is 20.0. The molecule has 0 aromatic heterocycles. The lowest BCUT2D eigenvalue weighted by Crippen LogP contribution is -2.36. The van der Waals surface area contributed by atoms with Crippen molar-refractivity contribution in [2.24, 2.45) is 5.73 Å². The Kier molecular flexibility index (Phi) is 4.02. The third kappa shape index (κ3) is 2.98. The smallest absolute Gasteiger partial charge is 0.239 e. The van der Waals surface area contributed by atoms with E-state index in [-0.39, 0.29) is 11.9 Å². The minimum atomic E-state index is -0.320. The highest BCUT2D eigenvalue weighted by Crippen LogP contribution is 2.32. The standard InChI is InChI=1S/C18H20N2O/c19-18(21)17(15-9-5-2-6-10-15)20-12-11-16(13-20)14-7-3-1-4-8-14/h1-10,16-17H,11-13H2,(H2,19,21). The first-order chi connectivity index (χ1) is 10.3. The van der Waals surface area contributed by atoms with E-state index in [0.29, 0.717) is 5.92 Å². The minimum Gasteiger partial charge on any atom is -0.368 e. The largest absolute Gasteiger partial charge is 0.368 e. The van der Waals surface area contributed by atoms with E-state index in [1.54, 1.807) is 0 Å². The van der Waals surface area contributed by atoms with E-state index >= 15 is 0 Å². The van der Waals surface area contributed by atoms with Crippen LogP contribution in [0, 0.1) is 0 Å². The molecule has 1 aliphatic rings. The predicted molar refractivity (Wildman–Crippen MR) is 83.8 cm³/mol. The number of nitrogens with zero attached hydrogens (tertiary/aromatic N) is 1. The summed E-state index contributed by atoms with van der Waals surface area (Å²) in [6.07, 6.45) is 1.07. The van der Waals surface area contributed by atoms with Crippen LogP contribution in [0.2, 0.25) is 0 Å². The maximum atomic E-state index is 11.9. The maximum Gasteiger partial charge on any atom is 0.239 e. The van der Waals surface area contributed by atoms with E-state index in [1.807, 2.05) is 36.4 Å². The Morgan fingerprint density at radius 2 is 1.67 bits per heavy atom. The van der Waals surface area contributed by atoms with Gasteiger partial charge in [0.25, 0.3) is 0 Å². The average molecular weight is 280 g/mol. The minimum absolute atomic E-state index is 0.269. The zero-order valence-electron chi connectivity index (χ0n) is 12.0. The molecule has 2 unspecified atom stereocenters. The fourth-order valence-electron chi connectivity index (χ4n) is 3.21. The van der Waals surface area contributed by atoms with Gasteiger partial charge in [-0.3, -0.25) is 9.69 Å². The normalized spacial score (nSPS) is 20.3. The van der Waals surface area contributed by atoms with Crippen LogP contribution in [0.15, 0.2) is 60.7 Å². The number of hydrogen-bond acceptors (Lipinski definition) is 2. The molecule has 21 heavy (non-hydrogen) atoms. The zero-order chi connectivity index (χ0) is 14.7. The number of nitrogens with two attached hydrogens (primary N) is 1. The number of amides is 1. The number of carbonyl (C=O) groups is 1. The Bertz CT molecular complexity index is 597. The molecule has 1 saturated heterocycles. The van der Waals surface area contributed by atoms with Gasteiger partial charge in [-0.2, -0.15) is 0 Å². The average Bonchev–Trinajstić information content (AvgIpc) is 2.98. The fraction of sp³-hybridized carbons (Fsp3) is 0.278. The van der Waals surface area contributed by atoms with Gasteiger partial charge in [0, 0.05) is 6.54 Å². The molecule has 0 aliphatic carbocycles. The van der Waals surface area contributed by atoms with Gasteiger partial charge >= 0.3 is 0 Å². The van der Waals surface area contributed by atoms with Crippen LogP contribution in [-0.4, -0.2) is 23.9 Å². The molecule has 3 heteroatoms. The molecule has 2 atom stereocenters. The van der Waals surface area contributed by atoms with Crippen molar-refractivity contribution < 1.29 is 4.79 Å². The molecule has 1 aliphatic heterocycles. The van der Waals surface area contributed by atoms with Crippen molar-refractivity contribution in [2.45, 2.75) is 18.4 Å². The van der Waals surface area contributed by atoms with Crippen molar-refractivity contribution in [3.63, 3.8) is 0 Å². The highest BCUT2D eigenvalue weighted by atomic mass is 16.1. The van der Waals surface area contributed by atoms with Crippen LogP contribution in [0.3, 0.4) is 0 Å². The van der Waals surface area contributed by atoms with E-state index in [2.05, 4.69) is 29.2 Å². The van der Waals surface area contributed by atoms with Gasteiger partial charge in [0.15, 0.2) is 0 Å². The van der Waals surface area contributed by atoms with Gasteiger partial charge in [-0.25, -0.2) is 0 Å². The number of carbonyl (C=O) groups excluding carboxylic acids is 1. The van der Waals surface area contributed by atoms with Crippen LogP contribution >= 0.6 is 0 Å². The molecular formula is C18H20N2O. The van der Waals surface area contributed by atoms with Crippen LogP contribution in [0.4, 0.5) is 0 Å².